The first-order chi connectivity index (χ1) is 8.24. The molecule has 1 atom stereocenters. The Labute approximate surface area is 103 Å². The van der Waals surface area contributed by atoms with Gasteiger partial charge in [-0.3, -0.25) is 0 Å². The van der Waals surface area contributed by atoms with E-state index in [0.717, 1.165) is 25.8 Å². The van der Waals surface area contributed by atoms with Crippen LogP contribution in [0.25, 0.3) is 0 Å². The first-order valence-electron chi connectivity index (χ1n) is 6.24. The summed E-state index contributed by atoms with van der Waals surface area (Å²) < 4.78 is 0. The van der Waals surface area contributed by atoms with E-state index in [9.17, 15) is 5.11 Å². The summed E-state index contributed by atoms with van der Waals surface area (Å²) in [6.07, 6.45) is 3.23. The zero-order valence-electron chi connectivity index (χ0n) is 10.5. The van der Waals surface area contributed by atoms with Crippen molar-refractivity contribution >= 4 is 0 Å². The lowest BCUT2D eigenvalue weighted by atomic mass is 9.87. The van der Waals surface area contributed by atoms with Gasteiger partial charge in [-0.25, -0.2) is 0 Å². The minimum Gasteiger partial charge on any atom is -0.508 e. The van der Waals surface area contributed by atoms with Crippen molar-refractivity contribution in [3.8, 4) is 17.7 Å². The van der Waals surface area contributed by atoms with E-state index in [0.29, 0.717) is 11.8 Å². The van der Waals surface area contributed by atoms with Crippen molar-refractivity contribution in [2.75, 3.05) is 6.54 Å². The van der Waals surface area contributed by atoms with E-state index in [1.807, 2.05) is 19.1 Å². The molecule has 0 radical (unpaired) electrons. The fourth-order valence-electron chi connectivity index (χ4n) is 2.56. The molecule has 2 heteroatoms. The van der Waals surface area contributed by atoms with Crippen LogP contribution in [0.5, 0.6) is 5.75 Å². The molecule has 0 bridgehead atoms. The molecule has 0 heterocycles. The second kappa shape index (κ2) is 5.14. The number of hydrogen-bond donors (Lipinski definition) is 1. The van der Waals surface area contributed by atoms with Crippen LogP contribution in [0.4, 0.5) is 0 Å². The quantitative estimate of drug-likeness (QED) is 0.622. The van der Waals surface area contributed by atoms with Crippen molar-refractivity contribution in [2.45, 2.75) is 39.2 Å². The monoisotopic (exact) mass is 229 g/mol. The van der Waals surface area contributed by atoms with Gasteiger partial charge in [0.2, 0.25) is 0 Å². The van der Waals surface area contributed by atoms with Gasteiger partial charge in [-0.15, -0.1) is 0 Å². The minimum atomic E-state index is 0.369. The molecule has 0 fully saturated rings. The molecule has 1 aromatic rings. The smallest absolute Gasteiger partial charge is 0.115 e. The highest BCUT2D eigenvalue weighted by molar-refractivity contribution is 5.37. The topological polar surface area (TPSA) is 23.5 Å². The summed E-state index contributed by atoms with van der Waals surface area (Å²) in [5.41, 5.74) is 2.65. The lowest BCUT2D eigenvalue weighted by molar-refractivity contribution is 0.279. The molecule has 2 nitrogen and oxygen atoms in total. The van der Waals surface area contributed by atoms with Gasteiger partial charge in [-0.05, 0) is 56.4 Å². The van der Waals surface area contributed by atoms with Gasteiger partial charge in [-0.1, -0.05) is 12.0 Å². The Morgan fingerprint density at radius 2 is 2.24 bits per heavy atom. The van der Waals surface area contributed by atoms with Crippen molar-refractivity contribution in [1.82, 2.24) is 4.90 Å². The van der Waals surface area contributed by atoms with Gasteiger partial charge in [0, 0.05) is 18.6 Å². The largest absolute Gasteiger partial charge is 0.508 e. The first-order valence-corrected chi connectivity index (χ1v) is 6.24. The molecule has 0 spiro atoms. The molecule has 1 aliphatic rings. The Morgan fingerprint density at radius 1 is 1.41 bits per heavy atom. The number of aryl methyl sites for hydroxylation is 1. The summed E-state index contributed by atoms with van der Waals surface area (Å²) >= 11 is 0. The third-order valence-electron chi connectivity index (χ3n) is 3.43. The predicted molar refractivity (Wildman–Crippen MR) is 69.7 cm³/mol. The molecular weight excluding hydrogens is 210 g/mol. The van der Waals surface area contributed by atoms with Crippen molar-refractivity contribution < 1.29 is 5.11 Å². The summed E-state index contributed by atoms with van der Waals surface area (Å²) in [6, 6.07) is 9.38. The highest BCUT2D eigenvalue weighted by Crippen LogP contribution is 2.27. The number of nitrogens with zero attached hydrogens (tertiary/aromatic N) is 1. The third kappa shape index (κ3) is 2.55. The molecule has 0 saturated carbocycles. The van der Waals surface area contributed by atoms with E-state index >= 15 is 0 Å². The maximum atomic E-state index is 9.53. The molecule has 0 saturated heterocycles. The maximum Gasteiger partial charge on any atom is 0.115 e. The summed E-state index contributed by atoms with van der Waals surface area (Å²) in [7, 11) is 0. The average molecular weight is 229 g/mol. The van der Waals surface area contributed by atoms with E-state index in [1.165, 1.54) is 11.1 Å². The van der Waals surface area contributed by atoms with Crippen molar-refractivity contribution in [1.29, 1.82) is 0 Å². The number of aromatic hydroxyl groups is 1. The van der Waals surface area contributed by atoms with Crippen LogP contribution in [-0.4, -0.2) is 22.6 Å². The summed E-state index contributed by atoms with van der Waals surface area (Å²) in [5.74, 6) is 3.35. The number of benzene rings is 1. The Kier molecular flexibility index (Phi) is 3.58. The normalized spacial score (nSPS) is 17.9. The van der Waals surface area contributed by atoms with E-state index < -0.39 is 0 Å². The molecule has 0 amide bonds. The van der Waals surface area contributed by atoms with Crippen LogP contribution in [-0.2, 0) is 12.8 Å². The molecule has 90 valence electrons. The molecule has 2 rings (SSSR count). The summed E-state index contributed by atoms with van der Waals surface area (Å²) in [4.78, 5) is 2.22. The molecule has 17 heavy (non-hydrogen) atoms. The SMILES string of the molecule is CC#CN(CC)[C@@H]1CCc2ccc(O)cc2C1. The van der Waals surface area contributed by atoms with E-state index in [2.05, 4.69) is 23.8 Å². The fourth-order valence-corrected chi connectivity index (χ4v) is 2.56. The van der Waals surface area contributed by atoms with Crippen LogP contribution < -0.4 is 0 Å². The van der Waals surface area contributed by atoms with Gasteiger partial charge in [0.05, 0.1) is 0 Å². The van der Waals surface area contributed by atoms with Gasteiger partial charge in [0.25, 0.3) is 0 Å². The van der Waals surface area contributed by atoms with Crippen LogP contribution in [0.1, 0.15) is 31.4 Å². The number of phenols is 1. The Morgan fingerprint density at radius 3 is 2.94 bits per heavy atom. The van der Waals surface area contributed by atoms with Gasteiger partial charge in [0.15, 0.2) is 0 Å². The number of phenolic OH excluding ortho intramolecular Hbond substituents is 1. The minimum absolute atomic E-state index is 0.369. The molecule has 1 N–H and O–H groups in total. The molecule has 0 aliphatic heterocycles. The Balaban J connectivity index is 2.18. The fraction of sp³-hybridized carbons (Fsp3) is 0.467. The number of fused-ring (bicyclic) bond motifs is 1. The Bertz CT molecular complexity index is 456. The van der Waals surface area contributed by atoms with Crippen LogP contribution in [0.2, 0.25) is 0 Å². The molecular formula is C15H19NO. The van der Waals surface area contributed by atoms with E-state index in [1.54, 1.807) is 6.07 Å². The third-order valence-corrected chi connectivity index (χ3v) is 3.43. The standard InChI is InChI=1S/C15H19NO/c1-3-9-16(4-2)14-7-5-12-6-8-15(17)11-13(12)10-14/h6,8,11,14,17H,4-5,7,10H2,1-2H3/t14-/m1/s1. The van der Waals surface area contributed by atoms with Crippen LogP contribution in [0.15, 0.2) is 18.2 Å². The second-order valence-electron chi connectivity index (χ2n) is 4.50. The highest BCUT2D eigenvalue weighted by Gasteiger charge is 2.22. The van der Waals surface area contributed by atoms with Crippen molar-refractivity contribution in [3.63, 3.8) is 0 Å². The molecule has 0 unspecified atom stereocenters. The van der Waals surface area contributed by atoms with Crippen LogP contribution >= 0.6 is 0 Å². The van der Waals surface area contributed by atoms with Crippen molar-refractivity contribution in [2.24, 2.45) is 0 Å². The van der Waals surface area contributed by atoms with E-state index in [-0.39, 0.29) is 0 Å². The van der Waals surface area contributed by atoms with Gasteiger partial charge in [0.1, 0.15) is 5.75 Å². The lowest BCUT2D eigenvalue weighted by Gasteiger charge is -2.32. The zero-order chi connectivity index (χ0) is 12.3. The summed E-state index contributed by atoms with van der Waals surface area (Å²) in [6.45, 7) is 4.98. The van der Waals surface area contributed by atoms with Gasteiger partial charge < -0.3 is 10.0 Å². The van der Waals surface area contributed by atoms with Gasteiger partial charge in [-0.2, -0.15) is 0 Å². The van der Waals surface area contributed by atoms with E-state index in [4.69, 9.17) is 0 Å². The average Bonchev–Trinajstić information content (AvgIpc) is 2.35. The molecule has 0 aromatic heterocycles. The van der Waals surface area contributed by atoms with Crippen molar-refractivity contribution in [3.05, 3.63) is 29.3 Å². The van der Waals surface area contributed by atoms with Crippen LogP contribution in [0.3, 0.4) is 0 Å². The number of likely N-dealkylation sites (N-methyl/N-ethyl adjacent to an activating group) is 1. The molecule has 1 aromatic carbocycles. The summed E-state index contributed by atoms with van der Waals surface area (Å²) in [5, 5.41) is 9.53. The highest BCUT2D eigenvalue weighted by atomic mass is 16.3. The zero-order valence-corrected chi connectivity index (χ0v) is 10.5. The maximum absolute atomic E-state index is 9.53. The first kappa shape index (κ1) is 11.9. The van der Waals surface area contributed by atoms with Gasteiger partial charge >= 0.3 is 0 Å². The van der Waals surface area contributed by atoms with Crippen LogP contribution in [0, 0.1) is 12.0 Å². The number of rotatable bonds is 2. The molecule has 1 aliphatic carbocycles. The number of hydrogen-bond acceptors (Lipinski definition) is 2. The Hall–Kier alpha value is -1.62. The predicted octanol–water partition coefficient (Wildman–Crippen LogP) is 2.55. The second-order valence-corrected chi connectivity index (χ2v) is 4.50. The lowest BCUT2D eigenvalue weighted by Crippen LogP contribution is -2.35.